The average molecular weight is 288 g/mol. The van der Waals surface area contributed by atoms with Crippen LogP contribution in [0.1, 0.15) is 37.6 Å². The van der Waals surface area contributed by atoms with Crippen LogP contribution in [-0.4, -0.2) is 23.7 Å². The van der Waals surface area contributed by atoms with E-state index in [1.54, 1.807) is 0 Å². The molecule has 2 aromatic rings. The first kappa shape index (κ1) is 15.6. The van der Waals surface area contributed by atoms with Crippen molar-refractivity contribution >= 4 is 16.9 Å². The highest BCUT2D eigenvalue weighted by molar-refractivity contribution is 5.82. The molecule has 1 aromatic carbocycles. The minimum Gasteiger partial charge on any atom is -0.469 e. The predicted octanol–water partition coefficient (Wildman–Crippen LogP) is 3.09. The Bertz CT molecular complexity index is 644. The number of benzene rings is 1. The van der Waals surface area contributed by atoms with Gasteiger partial charge in [0.1, 0.15) is 0 Å². The molecule has 1 unspecified atom stereocenters. The van der Waals surface area contributed by atoms with Gasteiger partial charge >= 0.3 is 5.97 Å². The third-order valence-electron chi connectivity index (χ3n) is 3.84. The van der Waals surface area contributed by atoms with E-state index in [2.05, 4.69) is 62.0 Å². The van der Waals surface area contributed by atoms with Crippen LogP contribution in [0.4, 0.5) is 0 Å². The van der Waals surface area contributed by atoms with Crippen LogP contribution in [0, 0.1) is 6.92 Å². The van der Waals surface area contributed by atoms with Gasteiger partial charge in [-0.1, -0.05) is 19.9 Å². The lowest BCUT2D eigenvalue weighted by Gasteiger charge is -2.21. The molecule has 0 saturated carbocycles. The van der Waals surface area contributed by atoms with Gasteiger partial charge in [-0.3, -0.25) is 4.79 Å². The Hall–Kier alpha value is -1.81. The zero-order valence-corrected chi connectivity index (χ0v) is 13.4. The van der Waals surface area contributed by atoms with Crippen molar-refractivity contribution in [2.45, 2.75) is 39.3 Å². The summed E-state index contributed by atoms with van der Waals surface area (Å²) < 4.78 is 6.98. The van der Waals surface area contributed by atoms with E-state index >= 15 is 0 Å². The molecule has 0 amide bonds. The van der Waals surface area contributed by atoms with Crippen molar-refractivity contribution in [3.63, 3.8) is 0 Å². The van der Waals surface area contributed by atoms with Gasteiger partial charge in [-0.05, 0) is 30.7 Å². The molecule has 0 spiro atoms. The van der Waals surface area contributed by atoms with E-state index in [0.29, 0.717) is 12.5 Å². The lowest BCUT2D eigenvalue weighted by atomic mass is 10.0. The normalized spacial score (nSPS) is 12.9. The summed E-state index contributed by atoms with van der Waals surface area (Å²) in [7, 11) is 3.49. The second kappa shape index (κ2) is 6.31. The number of hydrogen-bond acceptors (Lipinski definition) is 3. The highest BCUT2D eigenvalue weighted by atomic mass is 16.5. The van der Waals surface area contributed by atoms with Crippen molar-refractivity contribution in [3.05, 3.63) is 35.5 Å². The van der Waals surface area contributed by atoms with Gasteiger partial charge in [-0.15, -0.1) is 0 Å². The fraction of sp³-hybridized carbons (Fsp3) is 0.471. The topological polar surface area (TPSA) is 43.3 Å². The van der Waals surface area contributed by atoms with Crippen molar-refractivity contribution in [2.24, 2.45) is 7.05 Å². The Morgan fingerprint density at radius 1 is 1.33 bits per heavy atom. The molecule has 0 bridgehead atoms. The summed E-state index contributed by atoms with van der Waals surface area (Å²) in [6, 6.07) is 8.80. The van der Waals surface area contributed by atoms with Gasteiger partial charge in [0.15, 0.2) is 0 Å². The summed E-state index contributed by atoms with van der Waals surface area (Å²) in [5.41, 5.74) is 3.55. The summed E-state index contributed by atoms with van der Waals surface area (Å²) in [6.45, 7) is 6.25. The summed E-state index contributed by atoms with van der Waals surface area (Å²) in [5.74, 6) is -0.197. The third-order valence-corrected chi connectivity index (χ3v) is 3.84. The maximum absolute atomic E-state index is 11.6. The first-order valence-electron chi connectivity index (χ1n) is 7.31. The lowest BCUT2D eigenvalue weighted by Crippen LogP contribution is -2.30. The Kier molecular flexibility index (Phi) is 4.68. The van der Waals surface area contributed by atoms with Crippen molar-refractivity contribution in [1.82, 2.24) is 9.88 Å². The lowest BCUT2D eigenvalue weighted by molar-refractivity contribution is -0.141. The molecule has 2 rings (SSSR count). The van der Waals surface area contributed by atoms with E-state index in [0.717, 1.165) is 5.56 Å². The van der Waals surface area contributed by atoms with E-state index in [4.69, 9.17) is 4.74 Å². The molecule has 0 saturated heterocycles. The number of fused-ring (bicyclic) bond motifs is 1. The standard InChI is InChI=1S/C17H24N2O2/c1-11(2)18-15(10-17(20)21-5)13-6-7-16-14(9-13)8-12(3)19(16)4/h6-9,11,15,18H,10H2,1-5H3. The number of ether oxygens (including phenoxy) is 1. The van der Waals surface area contributed by atoms with Gasteiger partial charge < -0.3 is 14.6 Å². The van der Waals surface area contributed by atoms with Crippen LogP contribution < -0.4 is 5.32 Å². The first-order chi connectivity index (χ1) is 9.92. The number of aryl methyl sites for hydroxylation is 2. The van der Waals surface area contributed by atoms with Gasteiger partial charge in [0, 0.05) is 35.7 Å². The fourth-order valence-corrected chi connectivity index (χ4v) is 2.65. The SMILES string of the molecule is COC(=O)CC(NC(C)C)c1ccc2c(c1)cc(C)n2C. The molecule has 4 heteroatoms. The molecule has 0 fully saturated rings. The highest BCUT2D eigenvalue weighted by Crippen LogP contribution is 2.25. The number of carbonyl (C=O) groups is 1. The van der Waals surface area contributed by atoms with Crippen LogP contribution in [-0.2, 0) is 16.6 Å². The van der Waals surface area contributed by atoms with Crippen LogP contribution in [0.25, 0.3) is 10.9 Å². The molecular formula is C17H24N2O2. The molecule has 21 heavy (non-hydrogen) atoms. The number of hydrogen-bond donors (Lipinski definition) is 1. The molecule has 1 N–H and O–H groups in total. The Morgan fingerprint density at radius 2 is 2.05 bits per heavy atom. The van der Waals surface area contributed by atoms with Gasteiger partial charge in [0.05, 0.1) is 13.5 Å². The Labute approximate surface area is 126 Å². The van der Waals surface area contributed by atoms with Gasteiger partial charge in [-0.2, -0.15) is 0 Å². The smallest absolute Gasteiger partial charge is 0.307 e. The number of esters is 1. The van der Waals surface area contributed by atoms with Gasteiger partial charge in [0.25, 0.3) is 0 Å². The van der Waals surface area contributed by atoms with Gasteiger partial charge in [0.2, 0.25) is 0 Å². The van der Waals surface area contributed by atoms with Crippen LogP contribution in [0.5, 0.6) is 0 Å². The zero-order valence-electron chi connectivity index (χ0n) is 13.4. The molecule has 1 atom stereocenters. The molecule has 0 aliphatic heterocycles. The third kappa shape index (κ3) is 3.45. The van der Waals surface area contributed by atoms with Crippen molar-refractivity contribution in [1.29, 1.82) is 0 Å². The van der Waals surface area contributed by atoms with Crippen LogP contribution in [0.3, 0.4) is 0 Å². The highest BCUT2D eigenvalue weighted by Gasteiger charge is 2.18. The number of carbonyl (C=O) groups excluding carboxylic acids is 1. The van der Waals surface area contributed by atoms with Gasteiger partial charge in [-0.25, -0.2) is 0 Å². The Morgan fingerprint density at radius 3 is 2.67 bits per heavy atom. The molecule has 0 aliphatic carbocycles. The van der Waals surface area contributed by atoms with Crippen LogP contribution in [0.2, 0.25) is 0 Å². The second-order valence-electron chi connectivity index (χ2n) is 5.82. The van der Waals surface area contributed by atoms with Crippen molar-refractivity contribution < 1.29 is 9.53 Å². The molecular weight excluding hydrogens is 264 g/mol. The molecule has 1 heterocycles. The minimum atomic E-state index is -0.197. The fourth-order valence-electron chi connectivity index (χ4n) is 2.65. The summed E-state index contributed by atoms with van der Waals surface area (Å²) in [4.78, 5) is 11.6. The number of aromatic nitrogens is 1. The van der Waals surface area contributed by atoms with E-state index in [1.807, 2.05) is 0 Å². The van der Waals surface area contributed by atoms with E-state index < -0.39 is 0 Å². The molecule has 4 nitrogen and oxygen atoms in total. The number of methoxy groups -OCH3 is 1. The molecule has 114 valence electrons. The Balaban J connectivity index is 2.36. The van der Waals surface area contributed by atoms with E-state index in [1.165, 1.54) is 23.7 Å². The summed E-state index contributed by atoms with van der Waals surface area (Å²) >= 11 is 0. The summed E-state index contributed by atoms with van der Waals surface area (Å²) in [6.07, 6.45) is 0.339. The van der Waals surface area contributed by atoms with Crippen molar-refractivity contribution in [2.75, 3.05) is 7.11 Å². The quantitative estimate of drug-likeness (QED) is 0.860. The van der Waals surface area contributed by atoms with Crippen molar-refractivity contribution in [3.8, 4) is 0 Å². The second-order valence-corrected chi connectivity index (χ2v) is 5.82. The number of rotatable bonds is 5. The maximum atomic E-state index is 11.6. The predicted molar refractivity (Wildman–Crippen MR) is 85.3 cm³/mol. The number of nitrogens with zero attached hydrogens (tertiary/aromatic N) is 1. The molecule has 1 aromatic heterocycles. The first-order valence-corrected chi connectivity index (χ1v) is 7.31. The largest absolute Gasteiger partial charge is 0.469 e. The maximum Gasteiger partial charge on any atom is 0.307 e. The zero-order chi connectivity index (χ0) is 15.6. The average Bonchev–Trinajstić information content (AvgIpc) is 2.72. The minimum absolute atomic E-state index is 0.0256. The monoisotopic (exact) mass is 288 g/mol. The van der Waals surface area contributed by atoms with Crippen LogP contribution in [0.15, 0.2) is 24.3 Å². The molecule has 0 aliphatic rings. The summed E-state index contributed by atoms with van der Waals surface area (Å²) in [5, 5.41) is 4.64. The van der Waals surface area contributed by atoms with Crippen LogP contribution >= 0.6 is 0 Å². The van der Waals surface area contributed by atoms with E-state index in [-0.39, 0.29) is 12.0 Å². The van der Waals surface area contributed by atoms with E-state index in [9.17, 15) is 4.79 Å². The number of nitrogens with one attached hydrogen (secondary N) is 1. The molecule has 0 radical (unpaired) electrons.